The largest absolute Gasteiger partial charge is 0.490 e. The van der Waals surface area contributed by atoms with E-state index in [0.717, 1.165) is 23.7 Å². The highest BCUT2D eigenvalue weighted by Gasteiger charge is 2.14. The van der Waals surface area contributed by atoms with E-state index in [2.05, 4.69) is 63.8 Å². The Hall–Kier alpha value is -1.16. The maximum atomic E-state index is 5.92. The van der Waals surface area contributed by atoms with Gasteiger partial charge in [0.05, 0.1) is 18.5 Å². The zero-order valence-corrected chi connectivity index (χ0v) is 14.7. The third kappa shape index (κ3) is 6.89. The van der Waals surface area contributed by atoms with E-state index >= 15 is 0 Å². The lowest BCUT2D eigenvalue weighted by Gasteiger charge is -2.19. The third-order valence-electron chi connectivity index (χ3n) is 3.15. The number of nitrogens with one attached hydrogen (secondary N) is 1. The molecule has 1 heterocycles. The van der Waals surface area contributed by atoms with E-state index in [-0.39, 0.29) is 5.41 Å². The first-order valence-electron chi connectivity index (χ1n) is 7.91. The smallest absolute Gasteiger partial charge is 0.160 e. The van der Waals surface area contributed by atoms with Crippen molar-refractivity contribution in [1.82, 2.24) is 15.3 Å². The minimum atomic E-state index is 0.273. The van der Waals surface area contributed by atoms with Crippen LogP contribution in [0, 0.1) is 5.41 Å². The Morgan fingerprint density at radius 1 is 1.19 bits per heavy atom. The summed E-state index contributed by atoms with van der Waals surface area (Å²) in [6.07, 6.45) is 2.83. The standard InChI is InChI=1S/C17H31N3O/c1-12(2)16-19-11-15(21-9-8-17(5,6)7)14(20-16)10-18-13(3)4/h11-13,18H,8-10H2,1-7H3. The molecule has 120 valence electrons. The van der Waals surface area contributed by atoms with Gasteiger partial charge in [0.1, 0.15) is 5.82 Å². The Kier molecular flexibility index (Phi) is 6.59. The molecule has 0 amide bonds. The van der Waals surface area contributed by atoms with Gasteiger partial charge in [-0.25, -0.2) is 9.97 Å². The van der Waals surface area contributed by atoms with Gasteiger partial charge in [-0.2, -0.15) is 0 Å². The van der Waals surface area contributed by atoms with Gasteiger partial charge >= 0.3 is 0 Å². The summed E-state index contributed by atoms with van der Waals surface area (Å²) in [5.41, 5.74) is 1.23. The maximum Gasteiger partial charge on any atom is 0.160 e. The summed E-state index contributed by atoms with van der Waals surface area (Å²) in [5.74, 6) is 2.00. The van der Waals surface area contributed by atoms with Crippen molar-refractivity contribution in [2.45, 2.75) is 73.4 Å². The summed E-state index contributed by atoms with van der Waals surface area (Å²) < 4.78 is 5.92. The van der Waals surface area contributed by atoms with Crippen LogP contribution in [0.2, 0.25) is 0 Å². The molecule has 1 rings (SSSR count). The summed E-state index contributed by atoms with van der Waals surface area (Å²) in [5, 5.41) is 3.40. The summed E-state index contributed by atoms with van der Waals surface area (Å²) >= 11 is 0. The first-order chi connectivity index (χ1) is 9.69. The molecule has 0 aliphatic carbocycles. The number of hydrogen-bond donors (Lipinski definition) is 1. The van der Waals surface area contributed by atoms with Gasteiger partial charge < -0.3 is 10.1 Å². The van der Waals surface area contributed by atoms with Gasteiger partial charge in [-0.1, -0.05) is 48.5 Å². The number of rotatable bonds is 7. The molecular weight excluding hydrogens is 262 g/mol. The van der Waals surface area contributed by atoms with Crippen molar-refractivity contribution in [3.05, 3.63) is 17.7 Å². The summed E-state index contributed by atoms with van der Waals surface area (Å²) in [6, 6.07) is 0.421. The molecule has 1 aromatic heterocycles. The van der Waals surface area contributed by atoms with E-state index in [1.54, 1.807) is 0 Å². The number of aromatic nitrogens is 2. The summed E-state index contributed by atoms with van der Waals surface area (Å²) in [4.78, 5) is 9.08. The van der Waals surface area contributed by atoms with Gasteiger partial charge in [0, 0.05) is 18.5 Å². The van der Waals surface area contributed by atoms with Gasteiger partial charge in [0.2, 0.25) is 0 Å². The van der Waals surface area contributed by atoms with Gasteiger partial charge in [0.15, 0.2) is 5.75 Å². The zero-order chi connectivity index (χ0) is 16.0. The van der Waals surface area contributed by atoms with E-state index in [1.165, 1.54) is 0 Å². The number of hydrogen-bond acceptors (Lipinski definition) is 4. The minimum Gasteiger partial charge on any atom is -0.490 e. The van der Waals surface area contributed by atoms with Crippen molar-refractivity contribution < 1.29 is 4.74 Å². The monoisotopic (exact) mass is 293 g/mol. The quantitative estimate of drug-likeness (QED) is 0.828. The Morgan fingerprint density at radius 3 is 2.38 bits per heavy atom. The number of nitrogens with zero attached hydrogens (tertiary/aromatic N) is 2. The molecule has 0 unspecified atom stereocenters. The predicted molar refractivity (Wildman–Crippen MR) is 87.7 cm³/mol. The lowest BCUT2D eigenvalue weighted by molar-refractivity contribution is 0.239. The van der Waals surface area contributed by atoms with Crippen LogP contribution >= 0.6 is 0 Å². The molecule has 0 saturated heterocycles. The summed E-state index contributed by atoms with van der Waals surface area (Å²) in [7, 11) is 0. The summed E-state index contributed by atoms with van der Waals surface area (Å²) in [6.45, 7) is 16.5. The SMILES string of the molecule is CC(C)NCc1nc(C(C)C)ncc1OCCC(C)(C)C. The molecule has 1 N–H and O–H groups in total. The van der Waals surface area contributed by atoms with E-state index in [9.17, 15) is 0 Å². The van der Waals surface area contributed by atoms with Gasteiger partial charge in [-0.05, 0) is 11.8 Å². The molecule has 1 aromatic rings. The van der Waals surface area contributed by atoms with Crippen molar-refractivity contribution in [2.24, 2.45) is 5.41 Å². The highest BCUT2D eigenvalue weighted by Crippen LogP contribution is 2.22. The van der Waals surface area contributed by atoms with Crippen molar-refractivity contribution in [3.63, 3.8) is 0 Å². The molecule has 0 aliphatic rings. The molecule has 0 bridgehead atoms. The molecule has 4 nitrogen and oxygen atoms in total. The molecule has 4 heteroatoms. The van der Waals surface area contributed by atoms with Gasteiger partial charge in [-0.15, -0.1) is 0 Å². The van der Waals surface area contributed by atoms with E-state index in [0.29, 0.717) is 25.1 Å². The van der Waals surface area contributed by atoms with Crippen LogP contribution in [-0.2, 0) is 6.54 Å². The lowest BCUT2D eigenvalue weighted by Crippen LogP contribution is -2.23. The lowest BCUT2D eigenvalue weighted by atomic mass is 9.93. The fourth-order valence-corrected chi connectivity index (χ4v) is 1.71. The fraction of sp³-hybridized carbons (Fsp3) is 0.765. The van der Waals surface area contributed by atoms with Crippen LogP contribution in [0.1, 0.15) is 72.3 Å². The van der Waals surface area contributed by atoms with E-state index in [1.807, 2.05) is 6.20 Å². The van der Waals surface area contributed by atoms with E-state index in [4.69, 9.17) is 4.74 Å². The second-order valence-electron chi connectivity index (χ2n) is 7.39. The highest BCUT2D eigenvalue weighted by molar-refractivity contribution is 5.25. The van der Waals surface area contributed by atoms with Crippen LogP contribution in [-0.4, -0.2) is 22.6 Å². The van der Waals surface area contributed by atoms with Crippen LogP contribution < -0.4 is 10.1 Å². The first kappa shape index (κ1) is 17.9. The van der Waals surface area contributed by atoms with Crippen molar-refractivity contribution in [2.75, 3.05) is 6.61 Å². The molecule has 21 heavy (non-hydrogen) atoms. The van der Waals surface area contributed by atoms with Crippen molar-refractivity contribution >= 4 is 0 Å². The highest BCUT2D eigenvalue weighted by atomic mass is 16.5. The molecule has 0 aromatic carbocycles. The second kappa shape index (κ2) is 7.74. The topological polar surface area (TPSA) is 47.0 Å². The molecule has 0 atom stereocenters. The average Bonchev–Trinajstić information content (AvgIpc) is 2.35. The zero-order valence-electron chi connectivity index (χ0n) is 14.7. The predicted octanol–water partition coefficient (Wildman–Crippen LogP) is 3.91. The molecule has 0 radical (unpaired) electrons. The Labute approximate surface area is 129 Å². The maximum absolute atomic E-state index is 5.92. The van der Waals surface area contributed by atoms with Crippen molar-refractivity contribution in [3.8, 4) is 5.75 Å². The molecule has 0 fully saturated rings. The average molecular weight is 293 g/mol. The third-order valence-corrected chi connectivity index (χ3v) is 3.15. The Bertz CT molecular complexity index is 436. The molecule has 0 aliphatic heterocycles. The first-order valence-corrected chi connectivity index (χ1v) is 7.91. The Balaban J connectivity index is 2.80. The van der Waals surface area contributed by atoms with Crippen LogP contribution in [0.15, 0.2) is 6.20 Å². The van der Waals surface area contributed by atoms with Gasteiger partial charge in [-0.3, -0.25) is 0 Å². The molecule has 0 saturated carbocycles. The molecular formula is C17H31N3O. The van der Waals surface area contributed by atoms with Crippen LogP contribution in [0.4, 0.5) is 0 Å². The van der Waals surface area contributed by atoms with E-state index < -0.39 is 0 Å². The van der Waals surface area contributed by atoms with Crippen molar-refractivity contribution in [1.29, 1.82) is 0 Å². The van der Waals surface area contributed by atoms with Crippen LogP contribution in [0.5, 0.6) is 5.75 Å². The van der Waals surface area contributed by atoms with Crippen LogP contribution in [0.25, 0.3) is 0 Å². The molecule has 0 spiro atoms. The second-order valence-corrected chi connectivity index (χ2v) is 7.39. The number of ether oxygens (including phenoxy) is 1. The van der Waals surface area contributed by atoms with Gasteiger partial charge in [0.25, 0.3) is 0 Å². The fourth-order valence-electron chi connectivity index (χ4n) is 1.71. The van der Waals surface area contributed by atoms with Crippen LogP contribution in [0.3, 0.4) is 0 Å². The normalized spacial score (nSPS) is 12.2. The minimum absolute atomic E-state index is 0.273. The Morgan fingerprint density at radius 2 is 1.86 bits per heavy atom.